The molecule has 0 spiro atoms. The van der Waals surface area contributed by atoms with Gasteiger partial charge < -0.3 is 5.32 Å². The summed E-state index contributed by atoms with van der Waals surface area (Å²) in [7, 11) is -1.68. The lowest BCUT2D eigenvalue weighted by Crippen LogP contribution is -2.40. The number of hydrogen-bond acceptors (Lipinski definition) is 4. The summed E-state index contributed by atoms with van der Waals surface area (Å²) < 4.78 is 29.3. The van der Waals surface area contributed by atoms with Gasteiger partial charge in [-0.2, -0.15) is 0 Å². The molecule has 0 atom stereocenters. The van der Waals surface area contributed by atoms with Gasteiger partial charge in [0.1, 0.15) is 4.21 Å². The maximum atomic E-state index is 13.0. The van der Waals surface area contributed by atoms with Gasteiger partial charge in [-0.1, -0.05) is 32.0 Å². The zero-order valence-corrected chi connectivity index (χ0v) is 18.1. The fourth-order valence-electron chi connectivity index (χ4n) is 2.83. The molecule has 0 aliphatic rings. The van der Waals surface area contributed by atoms with Gasteiger partial charge in [0.05, 0.1) is 0 Å². The Morgan fingerprint density at radius 2 is 1.85 bits per heavy atom. The van der Waals surface area contributed by atoms with E-state index in [1.54, 1.807) is 0 Å². The van der Waals surface area contributed by atoms with E-state index in [4.69, 9.17) is 0 Å². The Labute approximate surface area is 162 Å². The average molecular weight is 395 g/mol. The molecule has 26 heavy (non-hydrogen) atoms. The largest absolute Gasteiger partial charge is 0.316 e. The van der Waals surface area contributed by atoms with Crippen molar-refractivity contribution in [3.8, 4) is 11.1 Å². The van der Waals surface area contributed by atoms with Crippen molar-refractivity contribution in [1.29, 1.82) is 0 Å². The molecule has 2 aromatic rings. The van der Waals surface area contributed by atoms with Gasteiger partial charge in [0, 0.05) is 22.5 Å². The van der Waals surface area contributed by atoms with Crippen LogP contribution in [0.25, 0.3) is 11.1 Å². The number of thiophene rings is 1. The molecule has 144 valence electrons. The molecule has 0 radical (unpaired) electrons. The van der Waals surface area contributed by atoms with E-state index in [-0.39, 0.29) is 0 Å². The molecule has 1 aromatic heterocycles. The highest BCUT2D eigenvalue weighted by Crippen LogP contribution is 2.37. The van der Waals surface area contributed by atoms with Crippen molar-refractivity contribution >= 4 is 21.4 Å². The van der Waals surface area contributed by atoms with E-state index < -0.39 is 15.6 Å². The number of hydrogen-bond donors (Lipinski definition) is 2. The zero-order chi connectivity index (χ0) is 19.5. The number of rotatable bonds is 7. The lowest BCUT2D eigenvalue weighted by atomic mass is 10.0. The van der Waals surface area contributed by atoms with Crippen LogP contribution in [-0.4, -0.2) is 21.0 Å². The van der Waals surface area contributed by atoms with E-state index in [0.717, 1.165) is 34.5 Å². The summed E-state index contributed by atoms with van der Waals surface area (Å²) in [6.07, 6.45) is 0.874. The van der Waals surface area contributed by atoms with E-state index in [2.05, 4.69) is 30.0 Å². The smallest absolute Gasteiger partial charge is 0.251 e. The molecular formula is C20H30N2O2S2. The van der Waals surface area contributed by atoms with Crippen LogP contribution in [0.2, 0.25) is 0 Å². The van der Waals surface area contributed by atoms with E-state index in [1.807, 2.05) is 52.1 Å². The maximum Gasteiger partial charge on any atom is 0.251 e. The molecule has 2 rings (SSSR count). The molecule has 2 N–H and O–H groups in total. The molecule has 0 bridgehead atoms. The van der Waals surface area contributed by atoms with E-state index in [1.165, 1.54) is 11.3 Å². The molecule has 6 heteroatoms. The number of benzene rings is 1. The van der Waals surface area contributed by atoms with Crippen LogP contribution in [0.3, 0.4) is 0 Å². The first-order valence-electron chi connectivity index (χ1n) is 8.92. The van der Waals surface area contributed by atoms with Crippen LogP contribution in [-0.2, 0) is 23.0 Å². The van der Waals surface area contributed by atoms with Crippen LogP contribution in [0.15, 0.2) is 34.5 Å². The quantitative estimate of drug-likeness (QED) is 0.731. The monoisotopic (exact) mass is 394 g/mol. The lowest BCUT2D eigenvalue weighted by Gasteiger charge is -2.20. The lowest BCUT2D eigenvalue weighted by molar-refractivity contribution is 0.493. The molecular weight excluding hydrogens is 364 g/mol. The van der Waals surface area contributed by atoms with Gasteiger partial charge in [-0.15, -0.1) is 11.3 Å². The summed E-state index contributed by atoms with van der Waals surface area (Å²) in [6.45, 7) is 10.6. The summed E-state index contributed by atoms with van der Waals surface area (Å²) in [5, 5.41) is 3.14. The minimum Gasteiger partial charge on any atom is -0.316 e. The van der Waals surface area contributed by atoms with Gasteiger partial charge in [0.25, 0.3) is 10.0 Å². The third-order valence-corrected chi connectivity index (χ3v) is 7.11. The topological polar surface area (TPSA) is 58.2 Å². The molecule has 0 saturated carbocycles. The van der Waals surface area contributed by atoms with Gasteiger partial charge in [-0.3, -0.25) is 0 Å². The third kappa shape index (κ3) is 5.64. The highest BCUT2D eigenvalue weighted by Gasteiger charge is 2.27. The molecule has 0 amide bonds. The Morgan fingerprint density at radius 3 is 2.42 bits per heavy atom. The minimum atomic E-state index is -3.58. The van der Waals surface area contributed by atoms with E-state index >= 15 is 0 Å². The molecule has 1 heterocycles. The van der Waals surface area contributed by atoms with Crippen LogP contribution >= 0.6 is 11.3 Å². The van der Waals surface area contributed by atoms with Crippen LogP contribution in [0, 0.1) is 5.92 Å². The van der Waals surface area contributed by atoms with Gasteiger partial charge in [0.2, 0.25) is 0 Å². The van der Waals surface area contributed by atoms with Crippen molar-refractivity contribution in [1.82, 2.24) is 10.0 Å². The van der Waals surface area contributed by atoms with Gasteiger partial charge in [0.15, 0.2) is 0 Å². The molecule has 1 aromatic carbocycles. The molecule has 0 aliphatic carbocycles. The van der Waals surface area contributed by atoms with Gasteiger partial charge in [-0.25, -0.2) is 13.1 Å². The fraction of sp³-hybridized carbons (Fsp3) is 0.500. The molecule has 4 nitrogen and oxygen atoms in total. The van der Waals surface area contributed by atoms with Crippen LogP contribution in [0.5, 0.6) is 0 Å². The van der Waals surface area contributed by atoms with Crippen LogP contribution in [0.4, 0.5) is 0 Å². The molecule has 0 saturated heterocycles. The van der Waals surface area contributed by atoms with Crippen molar-refractivity contribution < 1.29 is 8.42 Å². The second-order valence-electron chi connectivity index (χ2n) is 8.10. The number of nitrogens with one attached hydrogen (secondary N) is 2. The standard InChI is InChI=1S/C20H30N2O2S2/c1-14(2)10-17-12-18(16-9-7-8-15(11-16)13-21-6)19(25-17)26(23,24)22-20(3,4)5/h7-9,11-12,14,21-22H,10,13H2,1-6H3. The first kappa shape index (κ1) is 21.1. The maximum absolute atomic E-state index is 13.0. The Balaban J connectivity index is 2.57. The zero-order valence-electron chi connectivity index (χ0n) is 16.5. The molecule has 0 aliphatic heterocycles. The third-order valence-electron chi connectivity index (χ3n) is 3.66. The van der Waals surface area contributed by atoms with E-state index in [9.17, 15) is 8.42 Å². The summed E-state index contributed by atoms with van der Waals surface area (Å²) in [4.78, 5) is 1.10. The van der Waals surface area contributed by atoms with Gasteiger partial charge >= 0.3 is 0 Å². The second kappa shape index (κ2) is 8.21. The first-order chi connectivity index (χ1) is 12.0. The Kier molecular flexibility index (Phi) is 6.66. The van der Waals surface area contributed by atoms with E-state index in [0.29, 0.717) is 10.1 Å². The molecule has 0 fully saturated rings. The van der Waals surface area contributed by atoms with Crippen molar-refractivity contribution in [3.05, 3.63) is 40.8 Å². The average Bonchev–Trinajstić information content (AvgIpc) is 2.89. The highest BCUT2D eigenvalue weighted by molar-refractivity contribution is 7.91. The first-order valence-corrected chi connectivity index (χ1v) is 11.2. The van der Waals surface area contributed by atoms with Crippen LogP contribution in [0.1, 0.15) is 45.1 Å². The SMILES string of the molecule is CNCc1cccc(-c2cc(CC(C)C)sc2S(=O)(=O)NC(C)(C)C)c1. The number of sulfonamides is 1. The Bertz CT molecular complexity index is 847. The van der Waals surface area contributed by atoms with Crippen molar-refractivity contribution in [2.75, 3.05) is 7.05 Å². The Morgan fingerprint density at radius 1 is 1.15 bits per heavy atom. The summed E-state index contributed by atoms with van der Waals surface area (Å²) >= 11 is 1.38. The fourth-order valence-corrected chi connectivity index (χ4v) is 6.20. The predicted molar refractivity (Wildman–Crippen MR) is 111 cm³/mol. The predicted octanol–water partition coefficient (Wildman–Crippen LogP) is 4.41. The summed E-state index contributed by atoms with van der Waals surface area (Å²) in [5.41, 5.74) is 2.35. The van der Waals surface area contributed by atoms with Crippen molar-refractivity contribution in [2.45, 2.75) is 57.3 Å². The highest BCUT2D eigenvalue weighted by atomic mass is 32.2. The van der Waals surface area contributed by atoms with Crippen LogP contribution < -0.4 is 10.0 Å². The second-order valence-corrected chi connectivity index (χ2v) is 11.1. The van der Waals surface area contributed by atoms with Gasteiger partial charge in [-0.05, 0) is 63.4 Å². The molecule has 0 unspecified atom stereocenters. The Hall–Kier alpha value is -1.21. The van der Waals surface area contributed by atoms with Crippen molar-refractivity contribution in [2.24, 2.45) is 5.92 Å². The normalized spacial score (nSPS) is 12.7. The summed E-state index contributed by atoms with van der Waals surface area (Å²) in [5.74, 6) is 0.475. The minimum absolute atomic E-state index is 0.407. The summed E-state index contributed by atoms with van der Waals surface area (Å²) in [6, 6.07) is 10.1. The van der Waals surface area contributed by atoms with Crippen molar-refractivity contribution in [3.63, 3.8) is 0 Å².